The molecule has 0 amide bonds. The fourth-order valence-electron chi connectivity index (χ4n) is 2.87. The Morgan fingerprint density at radius 3 is 3.00 bits per heavy atom. The zero-order valence-corrected chi connectivity index (χ0v) is 15.5. The third-order valence-electron chi connectivity index (χ3n) is 4.18. The van der Waals surface area contributed by atoms with Gasteiger partial charge in [-0.2, -0.15) is 0 Å². The Kier molecular flexibility index (Phi) is 4.98. The lowest BCUT2D eigenvalue weighted by molar-refractivity contribution is 0.409. The molecule has 0 radical (unpaired) electrons. The Morgan fingerprint density at radius 1 is 1.26 bits per heavy atom. The number of ether oxygens (including phenoxy) is 1. The highest BCUT2D eigenvalue weighted by Crippen LogP contribution is 2.36. The standard InChI is InChI=1S/C19H18F2N4OS/c1-2-9-27-24-16-6-4-14(20)18(17(16)21)26-12-3-5-15-13(10-12)19-22-7-8-25(19)11-23-15/h3-6,10-11,24H,2,7-9H2,1H3. The van der Waals surface area contributed by atoms with Crippen molar-refractivity contribution in [3.8, 4) is 11.5 Å². The molecule has 2 heterocycles. The fourth-order valence-corrected chi connectivity index (χ4v) is 3.49. The van der Waals surface area contributed by atoms with Crippen molar-refractivity contribution in [3.05, 3.63) is 47.5 Å². The summed E-state index contributed by atoms with van der Waals surface area (Å²) in [7, 11) is 0. The number of anilines is 1. The van der Waals surface area contributed by atoms with E-state index in [0.717, 1.165) is 35.8 Å². The number of hydrogen-bond donors (Lipinski definition) is 1. The van der Waals surface area contributed by atoms with E-state index in [1.807, 2.05) is 11.8 Å². The molecule has 0 aliphatic carbocycles. The number of hydrogen-bond acceptors (Lipinski definition) is 6. The van der Waals surface area contributed by atoms with E-state index in [2.05, 4.69) is 14.7 Å². The Balaban J connectivity index is 1.62. The predicted octanol–water partition coefficient (Wildman–Crippen LogP) is 4.96. The summed E-state index contributed by atoms with van der Waals surface area (Å²) >= 11 is 1.37. The van der Waals surface area contributed by atoms with E-state index >= 15 is 0 Å². The topological polar surface area (TPSA) is 49.2 Å². The van der Waals surface area contributed by atoms with Crippen molar-refractivity contribution in [2.24, 2.45) is 9.98 Å². The first-order valence-corrected chi connectivity index (χ1v) is 9.69. The fraction of sp³-hybridized carbons (Fsp3) is 0.263. The molecule has 0 aromatic heterocycles. The second-order valence-corrected chi connectivity index (χ2v) is 7.01. The lowest BCUT2D eigenvalue weighted by atomic mass is 10.1. The van der Waals surface area contributed by atoms with Crippen LogP contribution in [0.3, 0.4) is 0 Å². The first kappa shape index (κ1) is 17.8. The average Bonchev–Trinajstić information content (AvgIpc) is 3.16. The Labute approximate surface area is 160 Å². The lowest BCUT2D eigenvalue weighted by Gasteiger charge is -2.21. The van der Waals surface area contributed by atoms with E-state index < -0.39 is 17.4 Å². The molecule has 2 aromatic rings. The van der Waals surface area contributed by atoms with Crippen LogP contribution in [0.2, 0.25) is 0 Å². The third-order valence-corrected chi connectivity index (χ3v) is 5.15. The summed E-state index contributed by atoms with van der Waals surface area (Å²) in [6.07, 6.45) is 2.69. The van der Waals surface area contributed by atoms with Crippen LogP contribution < -0.4 is 9.46 Å². The van der Waals surface area contributed by atoms with Crippen LogP contribution in [-0.4, -0.2) is 35.9 Å². The highest BCUT2D eigenvalue weighted by atomic mass is 32.2. The van der Waals surface area contributed by atoms with Gasteiger partial charge >= 0.3 is 0 Å². The molecule has 0 spiro atoms. The minimum absolute atomic E-state index is 0.193. The zero-order chi connectivity index (χ0) is 18.8. The monoisotopic (exact) mass is 388 g/mol. The molecule has 2 aromatic carbocycles. The predicted molar refractivity (Wildman–Crippen MR) is 106 cm³/mol. The van der Waals surface area contributed by atoms with Gasteiger partial charge in [-0.3, -0.25) is 4.99 Å². The van der Waals surface area contributed by atoms with Gasteiger partial charge in [0.25, 0.3) is 0 Å². The number of halogens is 2. The first-order valence-electron chi connectivity index (χ1n) is 8.70. The molecule has 8 heteroatoms. The van der Waals surface area contributed by atoms with Gasteiger partial charge in [0.15, 0.2) is 11.6 Å². The number of rotatable bonds is 6. The van der Waals surface area contributed by atoms with E-state index in [1.165, 1.54) is 24.1 Å². The SMILES string of the molecule is CCCSNc1ccc(F)c(Oc2ccc3c(c2)C2=NCCN2C=N3)c1F. The summed E-state index contributed by atoms with van der Waals surface area (Å²) in [6.45, 7) is 3.49. The molecule has 27 heavy (non-hydrogen) atoms. The molecule has 0 bridgehead atoms. The van der Waals surface area contributed by atoms with Crippen LogP contribution in [-0.2, 0) is 0 Å². The smallest absolute Gasteiger partial charge is 0.200 e. The molecule has 0 saturated heterocycles. The van der Waals surface area contributed by atoms with Crippen LogP contribution in [0.1, 0.15) is 18.9 Å². The maximum Gasteiger partial charge on any atom is 0.200 e. The molecule has 2 aliphatic heterocycles. The lowest BCUT2D eigenvalue weighted by Crippen LogP contribution is -2.29. The Morgan fingerprint density at radius 2 is 2.15 bits per heavy atom. The second kappa shape index (κ2) is 7.56. The number of benzene rings is 2. The minimum Gasteiger partial charge on any atom is -0.451 e. The summed E-state index contributed by atoms with van der Waals surface area (Å²) in [5.74, 6) is 0.0101. The number of nitrogens with one attached hydrogen (secondary N) is 1. The molecule has 0 fully saturated rings. The molecule has 0 saturated carbocycles. The molecule has 5 nitrogen and oxygen atoms in total. The summed E-state index contributed by atoms with van der Waals surface area (Å²) < 4.78 is 37.4. The maximum absolute atomic E-state index is 14.7. The van der Waals surface area contributed by atoms with Gasteiger partial charge < -0.3 is 14.4 Å². The van der Waals surface area contributed by atoms with E-state index in [-0.39, 0.29) is 5.69 Å². The molecule has 1 N–H and O–H groups in total. The number of nitrogens with zero attached hydrogens (tertiary/aromatic N) is 3. The maximum atomic E-state index is 14.7. The van der Waals surface area contributed by atoms with Gasteiger partial charge in [0.2, 0.25) is 5.75 Å². The van der Waals surface area contributed by atoms with E-state index in [4.69, 9.17) is 4.74 Å². The van der Waals surface area contributed by atoms with E-state index in [1.54, 1.807) is 24.5 Å². The van der Waals surface area contributed by atoms with Crippen molar-refractivity contribution in [1.29, 1.82) is 0 Å². The van der Waals surface area contributed by atoms with Gasteiger partial charge in [-0.05, 0) is 36.8 Å². The van der Waals surface area contributed by atoms with Crippen molar-refractivity contribution in [1.82, 2.24) is 4.90 Å². The average molecular weight is 388 g/mol. The Hall–Kier alpha value is -2.61. The van der Waals surface area contributed by atoms with Crippen molar-refractivity contribution >= 4 is 35.5 Å². The van der Waals surface area contributed by atoms with Gasteiger partial charge in [-0.15, -0.1) is 0 Å². The number of amidine groups is 1. The first-order chi connectivity index (χ1) is 13.2. The molecular formula is C19H18F2N4OS. The van der Waals surface area contributed by atoms with Crippen molar-refractivity contribution in [2.75, 3.05) is 23.6 Å². The van der Waals surface area contributed by atoms with Crippen LogP contribution in [0.5, 0.6) is 11.5 Å². The molecule has 0 unspecified atom stereocenters. The minimum atomic E-state index is -0.755. The van der Waals surface area contributed by atoms with Crippen molar-refractivity contribution < 1.29 is 13.5 Å². The van der Waals surface area contributed by atoms with Crippen LogP contribution in [0, 0.1) is 11.6 Å². The quantitative estimate of drug-likeness (QED) is 0.561. The highest BCUT2D eigenvalue weighted by molar-refractivity contribution is 8.00. The molecule has 0 atom stereocenters. The van der Waals surface area contributed by atoms with Crippen molar-refractivity contribution in [3.63, 3.8) is 0 Å². The van der Waals surface area contributed by atoms with E-state index in [9.17, 15) is 8.78 Å². The van der Waals surface area contributed by atoms with Gasteiger partial charge in [0.1, 0.15) is 11.6 Å². The van der Waals surface area contributed by atoms with Crippen LogP contribution in [0.25, 0.3) is 0 Å². The van der Waals surface area contributed by atoms with Gasteiger partial charge in [0.05, 0.1) is 24.3 Å². The second-order valence-electron chi connectivity index (χ2n) is 6.11. The largest absolute Gasteiger partial charge is 0.451 e. The van der Waals surface area contributed by atoms with Crippen LogP contribution in [0.15, 0.2) is 40.3 Å². The van der Waals surface area contributed by atoms with Gasteiger partial charge in [-0.1, -0.05) is 18.9 Å². The van der Waals surface area contributed by atoms with Crippen LogP contribution in [0.4, 0.5) is 20.2 Å². The molecular weight excluding hydrogens is 370 g/mol. The summed E-state index contributed by atoms with van der Waals surface area (Å²) in [5, 5.41) is 0. The highest BCUT2D eigenvalue weighted by Gasteiger charge is 2.24. The normalized spacial score (nSPS) is 14.6. The van der Waals surface area contributed by atoms with Gasteiger partial charge in [0, 0.05) is 17.9 Å². The van der Waals surface area contributed by atoms with Crippen molar-refractivity contribution in [2.45, 2.75) is 13.3 Å². The third kappa shape index (κ3) is 3.49. The number of fused-ring (bicyclic) bond motifs is 3. The molecule has 4 rings (SSSR count). The van der Waals surface area contributed by atoms with Gasteiger partial charge in [-0.25, -0.2) is 13.8 Å². The van der Waals surface area contributed by atoms with Crippen LogP contribution >= 0.6 is 11.9 Å². The molecule has 140 valence electrons. The summed E-state index contributed by atoms with van der Waals surface area (Å²) in [6, 6.07) is 7.68. The van der Waals surface area contributed by atoms with E-state index in [0.29, 0.717) is 12.3 Å². The zero-order valence-electron chi connectivity index (χ0n) is 14.7. The number of aliphatic imine (C=N–C) groups is 2. The Bertz CT molecular complexity index is 932. The summed E-state index contributed by atoms with van der Waals surface area (Å²) in [5.41, 5.74) is 1.74. The summed E-state index contributed by atoms with van der Waals surface area (Å²) in [4.78, 5) is 10.8. The molecule has 2 aliphatic rings.